The number of carbonyl (C=O) groups excluding carboxylic acids is 1. The Hall–Kier alpha value is -2.31. The van der Waals surface area contributed by atoms with Crippen LogP contribution in [0.1, 0.15) is 6.92 Å². The zero-order chi connectivity index (χ0) is 16.9. The minimum absolute atomic E-state index is 0.0953. The van der Waals surface area contributed by atoms with Crippen LogP contribution in [0.3, 0.4) is 0 Å². The van der Waals surface area contributed by atoms with Crippen molar-refractivity contribution in [2.75, 3.05) is 5.32 Å². The summed E-state index contributed by atoms with van der Waals surface area (Å²) in [5.74, 6) is 0.120. The van der Waals surface area contributed by atoms with Crippen molar-refractivity contribution in [1.29, 1.82) is 0 Å². The predicted octanol–water partition coefficient (Wildman–Crippen LogP) is 4.64. The van der Waals surface area contributed by atoms with E-state index >= 15 is 0 Å². The lowest BCUT2D eigenvalue weighted by molar-refractivity contribution is -0.115. The van der Waals surface area contributed by atoms with E-state index < -0.39 is 0 Å². The molecule has 0 radical (unpaired) electrons. The van der Waals surface area contributed by atoms with Crippen LogP contribution < -0.4 is 5.32 Å². The van der Waals surface area contributed by atoms with Crippen LogP contribution in [0.25, 0.3) is 11.3 Å². The molecule has 0 aliphatic heterocycles. The van der Waals surface area contributed by atoms with Crippen molar-refractivity contribution in [3.05, 3.63) is 60.0 Å². The van der Waals surface area contributed by atoms with Crippen molar-refractivity contribution in [2.45, 2.75) is 17.1 Å². The Morgan fingerprint density at radius 2 is 1.88 bits per heavy atom. The van der Waals surface area contributed by atoms with Gasteiger partial charge < -0.3 is 10.4 Å². The molecular formula is C18H16N2O2S2. The summed E-state index contributed by atoms with van der Waals surface area (Å²) >= 11 is 2.85. The van der Waals surface area contributed by atoms with E-state index in [1.807, 2.05) is 42.6 Å². The van der Waals surface area contributed by atoms with E-state index in [0.717, 1.165) is 16.2 Å². The maximum atomic E-state index is 12.3. The van der Waals surface area contributed by atoms with E-state index in [0.29, 0.717) is 5.13 Å². The van der Waals surface area contributed by atoms with Gasteiger partial charge in [-0.3, -0.25) is 4.79 Å². The second kappa shape index (κ2) is 7.51. The maximum Gasteiger partial charge on any atom is 0.239 e. The van der Waals surface area contributed by atoms with Crippen LogP contribution in [0.15, 0.2) is 64.9 Å². The molecule has 0 aliphatic rings. The average Bonchev–Trinajstić information content (AvgIpc) is 3.06. The van der Waals surface area contributed by atoms with E-state index in [4.69, 9.17) is 0 Å². The summed E-state index contributed by atoms with van der Waals surface area (Å²) < 4.78 is 0. The molecular weight excluding hydrogens is 340 g/mol. The van der Waals surface area contributed by atoms with Gasteiger partial charge in [-0.05, 0) is 31.2 Å². The van der Waals surface area contributed by atoms with Crippen molar-refractivity contribution < 1.29 is 9.90 Å². The van der Waals surface area contributed by atoms with Gasteiger partial charge in [-0.1, -0.05) is 30.3 Å². The van der Waals surface area contributed by atoms with Crippen LogP contribution in [0.2, 0.25) is 0 Å². The number of nitrogens with one attached hydrogen (secondary N) is 1. The van der Waals surface area contributed by atoms with Crippen LogP contribution in [0.5, 0.6) is 5.75 Å². The standard InChI is InChI=1S/C18H16N2O2S2/c1-12(24-15-9-7-14(21)8-10-15)17(22)20-18-19-16(11-23-18)13-5-3-2-4-6-13/h2-12,21H,1H3,(H,19,20,22)/t12-/m1/s1. The van der Waals surface area contributed by atoms with Gasteiger partial charge in [-0.15, -0.1) is 23.1 Å². The molecule has 122 valence electrons. The van der Waals surface area contributed by atoms with Gasteiger partial charge in [0.2, 0.25) is 5.91 Å². The monoisotopic (exact) mass is 356 g/mol. The molecule has 1 amide bonds. The molecule has 3 aromatic rings. The SMILES string of the molecule is C[C@@H](Sc1ccc(O)cc1)C(=O)Nc1nc(-c2ccccc2)cs1. The minimum atomic E-state index is -0.265. The highest BCUT2D eigenvalue weighted by molar-refractivity contribution is 8.00. The van der Waals surface area contributed by atoms with Gasteiger partial charge in [0.15, 0.2) is 5.13 Å². The fourth-order valence-corrected chi connectivity index (χ4v) is 3.65. The Kier molecular flexibility index (Phi) is 5.17. The maximum absolute atomic E-state index is 12.3. The summed E-state index contributed by atoms with van der Waals surface area (Å²) in [4.78, 5) is 17.7. The minimum Gasteiger partial charge on any atom is -0.508 e. The van der Waals surface area contributed by atoms with Gasteiger partial charge >= 0.3 is 0 Å². The largest absolute Gasteiger partial charge is 0.508 e. The molecule has 0 saturated heterocycles. The van der Waals surface area contributed by atoms with Crippen LogP contribution >= 0.6 is 23.1 Å². The third kappa shape index (κ3) is 4.15. The number of thiazole rings is 1. The Morgan fingerprint density at radius 1 is 1.17 bits per heavy atom. The first-order valence-electron chi connectivity index (χ1n) is 7.39. The number of amides is 1. The third-order valence-electron chi connectivity index (χ3n) is 3.32. The van der Waals surface area contributed by atoms with E-state index in [2.05, 4.69) is 10.3 Å². The highest BCUT2D eigenvalue weighted by Crippen LogP contribution is 2.28. The molecule has 3 rings (SSSR count). The Bertz CT molecular complexity index is 817. The van der Waals surface area contributed by atoms with E-state index in [9.17, 15) is 9.90 Å². The first-order valence-corrected chi connectivity index (χ1v) is 9.15. The van der Waals surface area contributed by atoms with Gasteiger partial charge in [-0.2, -0.15) is 0 Å². The van der Waals surface area contributed by atoms with Crippen molar-refractivity contribution >= 4 is 34.1 Å². The quantitative estimate of drug-likeness (QED) is 0.654. The summed E-state index contributed by atoms with van der Waals surface area (Å²) in [6.07, 6.45) is 0. The Balaban J connectivity index is 1.62. The number of aromatic nitrogens is 1. The summed E-state index contributed by atoms with van der Waals surface area (Å²) in [6.45, 7) is 1.85. The Labute approximate surface area is 148 Å². The molecule has 2 aromatic carbocycles. The fourth-order valence-electron chi connectivity index (χ4n) is 2.06. The molecule has 0 bridgehead atoms. The topological polar surface area (TPSA) is 62.2 Å². The number of anilines is 1. The lowest BCUT2D eigenvalue weighted by atomic mass is 10.2. The number of phenolic OH excluding ortho intramolecular Hbond substituents is 1. The summed E-state index contributed by atoms with van der Waals surface area (Å²) in [5.41, 5.74) is 1.88. The number of thioether (sulfide) groups is 1. The van der Waals surface area contributed by atoms with Crippen LogP contribution in [-0.2, 0) is 4.79 Å². The average molecular weight is 356 g/mol. The van der Waals surface area contributed by atoms with Gasteiger partial charge in [0.05, 0.1) is 10.9 Å². The van der Waals surface area contributed by atoms with Gasteiger partial charge in [0, 0.05) is 15.8 Å². The first-order chi connectivity index (χ1) is 11.6. The van der Waals surface area contributed by atoms with Crippen molar-refractivity contribution in [1.82, 2.24) is 4.98 Å². The number of nitrogens with zero attached hydrogens (tertiary/aromatic N) is 1. The first kappa shape index (κ1) is 16.5. The van der Waals surface area contributed by atoms with Crippen molar-refractivity contribution in [3.63, 3.8) is 0 Å². The van der Waals surface area contributed by atoms with Crippen molar-refractivity contribution in [3.8, 4) is 17.0 Å². The van der Waals surface area contributed by atoms with Gasteiger partial charge in [-0.25, -0.2) is 4.98 Å². The number of hydrogen-bond acceptors (Lipinski definition) is 5. The second-order valence-electron chi connectivity index (χ2n) is 5.15. The third-order valence-corrected chi connectivity index (χ3v) is 5.19. The summed E-state index contributed by atoms with van der Waals surface area (Å²) in [5, 5.41) is 14.4. The highest BCUT2D eigenvalue weighted by Gasteiger charge is 2.16. The lowest BCUT2D eigenvalue weighted by Crippen LogP contribution is -2.22. The molecule has 2 N–H and O–H groups in total. The number of aromatic hydroxyl groups is 1. The van der Waals surface area contributed by atoms with Gasteiger partial charge in [0.1, 0.15) is 5.75 Å². The van der Waals surface area contributed by atoms with Crippen LogP contribution in [0, 0.1) is 0 Å². The summed E-state index contributed by atoms with van der Waals surface area (Å²) in [6, 6.07) is 16.7. The predicted molar refractivity (Wildman–Crippen MR) is 99.6 cm³/mol. The smallest absolute Gasteiger partial charge is 0.239 e. The van der Waals surface area contributed by atoms with E-state index in [-0.39, 0.29) is 16.9 Å². The molecule has 0 saturated carbocycles. The van der Waals surface area contributed by atoms with E-state index in [1.165, 1.54) is 23.1 Å². The Morgan fingerprint density at radius 3 is 2.58 bits per heavy atom. The molecule has 1 atom stereocenters. The molecule has 0 fully saturated rings. The molecule has 24 heavy (non-hydrogen) atoms. The molecule has 6 heteroatoms. The fraction of sp³-hybridized carbons (Fsp3) is 0.111. The normalized spacial score (nSPS) is 11.9. The van der Waals surface area contributed by atoms with Crippen molar-refractivity contribution in [2.24, 2.45) is 0 Å². The second-order valence-corrected chi connectivity index (χ2v) is 7.42. The zero-order valence-corrected chi connectivity index (χ0v) is 14.6. The number of phenols is 1. The summed E-state index contributed by atoms with van der Waals surface area (Å²) in [7, 11) is 0. The number of carbonyl (C=O) groups is 1. The molecule has 1 aromatic heterocycles. The van der Waals surface area contributed by atoms with E-state index in [1.54, 1.807) is 24.3 Å². The number of rotatable bonds is 5. The molecule has 4 nitrogen and oxygen atoms in total. The number of hydrogen-bond donors (Lipinski definition) is 2. The lowest BCUT2D eigenvalue weighted by Gasteiger charge is -2.10. The van der Waals surface area contributed by atoms with Crippen LogP contribution in [0.4, 0.5) is 5.13 Å². The van der Waals surface area contributed by atoms with Crippen LogP contribution in [-0.4, -0.2) is 21.2 Å². The van der Waals surface area contributed by atoms with Gasteiger partial charge in [0.25, 0.3) is 0 Å². The molecule has 0 spiro atoms. The zero-order valence-electron chi connectivity index (χ0n) is 13.0. The highest BCUT2D eigenvalue weighted by atomic mass is 32.2. The molecule has 1 heterocycles. The number of benzene rings is 2. The molecule has 0 unspecified atom stereocenters. The molecule has 0 aliphatic carbocycles.